The van der Waals surface area contributed by atoms with Crippen LogP contribution < -0.4 is 10.6 Å². The van der Waals surface area contributed by atoms with Crippen LogP contribution in [0.5, 0.6) is 0 Å². The summed E-state index contributed by atoms with van der Waals surface area (Å²) in [6.45, 7) is 7.15. The van der Waals surface area contributed by atoms with Crippen LogP contribution in [0.25, 0.3) is 0 Å². The predicted octanol–water partition coefficient (Wildman–Crippen LogP) is 3.41. The molecule has 1 aliphatic rings. The number of carbonyl (C=O) groups excluding carboxylic acids is 1. The molecular formula is C18H28BrN3O. The summed E-state index contributed by atoms with van der Waals surface area (Å²) in [5.41, 5.74) is 2.02. The van der Waals surface area contributed by atoms with Gasteiger partial charge in [-0.15, -0.1) is 0 Å². The molecule has 0 radical (unpaired) electrons. The zero-order valence-electron chi connectivity index (χ0n) is 14.4. The molecule has 2 N–H and O–H groups in total. The normalized spacial score (nSPS) is 17.9. The average Bonchev–Trinajstić information content (AvgIpc) is 2.55. The van der Waals surface area contributed by atoms with Crippen molar-refractivity contribution >= 4 is 27.5 Å². The molecule has 0 spiro atoms. The summed E-state index contributed by atoms with van der Waals surface area (Å²) in [4.78, 5) is 14.8. The molecule has 0 aromatic heterocycles. The Kier molecular flexibility index (Phi) is 7.06. The summed E-state index contributed by atoms with van der Waals surface area (Å²) < 4.78 is 0.934. The van der Waals surface area contributed by atoms with Crippen LogP contribution in [0.3, 0.4) is 0 Å². The third-order valence-electron chi connectivity index (χ3n) is 4.76. The number of hydrogen-bond acceptors (Lipinski definition) is 3. The maximum Gasteiger partial charge on any atom is 0.241 e. The number of nitrogens with zero attached hydrogens (tertiary/aromatic N) is 1. The lowest BCUT2D eigenvalue weighted by atomic mass is 9.93. The number of likely N-dealkylation sites (tertiary alicyclic amines) is 1. The third kappa shape index (κ3) is 5.30. The number of piperidine rings is 1. The molecule has 128 valence electrons. The Bertz CT molecular complexity index is 527. The molecular weight excluding hydrogens is 354 g/mol. The van der Waals surface area contributed by atoms with E-state index < -0.39 is 0 Å². The molecule has 1 unspecified atom stereocenters. The lowest BCUT2D eigenvalue weighted by Crippen LogP contribution is -2.46. The van der Waals surface area contributed by atoms with Gasteiger partial charge >= 0.3 is 0 Å². The van der Waals surface area contributed by atoms with Crippen molar-refractivity contribution in [1.29, 1.82) is 0 Å². The van der Waals surface area contributed by atoms with Crippen LogP contribution in [0.2, 0.25) is 0 Å². The molecule has 0 bridgehead atoms. The fourth-order valence-electron chi connectivity index (χ4n) is 3.10. The molecule has 23 heavy (non-hydrogen) atoms. The Hall–Kier alpha value is -0.910. The van der Waals surface area contributed by atoms with Crippen molar-refractivity contribution in [3.8, 4) is 0 Å². The minimum atomic E-state index is -0.0894. The Morgan fingerprint density at radius 3 is 2.70 bits per heavy atom. The van der Waals surface area contributed by atoms with Gasteiger partial charge in [-0.25, -0.2) is 0 Å². The van der Waals surface area contributed by atoms with Gasteiger partial charge < -0.3 is 10.6 Å². The van der Waals surface area contributed by atoms with Crippen LogP contribution in [0.4, 0.5) is 5.69 Å². The molecule has 1 aliphatic heterocycles. The van der Waals surface area contributed by atoms with Crippen molar-refractivity contribution in [2.75, 3.05) is 32.0 Å². The quantitative estimate of drug-likeness (QED) is 0.793. The lowest BCUT2D eigenvalue weighted by molar-refractivity contribution is -0.121. The summed E-state index contributed by atoms with van der Waals surface area (Å²) in [5.74, 6) is 0.864. The van der Waals surface area contributed by atoms with E-state index in [0.717, 1.165) is 35.7 Å². The summed E-state index contributed by atoms with van der Waals surface area (Å²) in [6.07, 6.45) is 3.61. The highest BCUT2D eigenvalue weighted by Crippen LogP contribution is 2.25. The lowest BCUT2D eigenvalue weighted by Gasteiger charge is -2.35. The Balaban J connectivity index is 1.85. The zero-order valence-corrected chi connectivity index (χ0v) is 15.9. The van der Waals surface area contributed by atoms with Crippen molar-refractivity contribution in [2.24, 2.45) is 5.92 Å². The van der Waals surface area contributed by atoms with Crippen molar-refractivity contribution in [1.82, 2.24) is 10.2 Å². The number of carbonyl (C=O) groups is 1. The van der Waals surface area contributed by atoms with Crippen molar-refractivity contribution in [2.45, 2.75) is 39.2 Å². The van der Waals surface area contributed by atoms with E-state index >= 15 is 0 Å². The smallest absolute Gasteiger partial charge is 0.241 e. The number of rotatable bonds is 6. The van der Waals surface area contributed by atoms with Crippen LogP contribution in [0.1, 0.15) is 31.7 Å². The SMILES string of the molecule is CNCCC1CCN(C(C)C(=O)Nc2ccc(C)cc2Br)CC1. The highest BCUT2D eigenvalue weighted by atomic mass is 79.9. The Morgan fingerprint density at radius 2 is 2.09 bits per heavy atom. The van der Waals surface area contributed by atoms with E-state index in [0.29, 0.717) is 0 Å². The number of nitrogens with one attached hydrogen (secondary N) is 2. The van der Waals surface area contributed by atoms with Crippen LogP contribution in [0, 0.1) is 12.8 Å². The van der Waals surface area contributed by atoms with Gasteiger partial charge in [0.1, 0.15) is 0 Å². The minimum Gasteiger partial charge on any atom is -0.324 e. The number of halogens is 1. The Labute approximate surface area is 148 Å². The molecule has 2 rings (SSSR count). The Morgan fingerprint density at radius 1 is 1.39 bits per heavy atom. The summed E-state index contributed by atoms with van der Waals surface area (Å²) >= 11 is 3.52. The molecule has 5 heteroatoms. The van der Waals surface area contributed by atoms with E-state index in [-0.39, 0.29) is 11.9 Å². The number of anilines is 1. The molecule has 1 fully saturated rings. The number of amides is 1. The second-order valence-electron chi connectivity index (χ2n) is 6.52. The predicted molar refractivity (Wildman–Crippen MR) is 99.8 cm³/mol. The molecule has 1 atom stereocenters. The second-order valence-corrected chi connectivity index (χ2v) is 7.37. The van der Waals surface area contributed by atoms with Gasteiger partial charge in [-0.1, -0.05) is 6.07 Å². The monoisotopic (exact) mass is 381 g/mol. The van der Waals surface area contributed by atoms with E-state index in [1.807, 2.05) is 39.1 Å². The molecule has 1 heterocycles. The van der Waals surface area contributed by atoms with Crippen LogP contribution in [-0.4, -0.2) is 43.5 Å². The minimum absolute atomic E-state index is 0.0724. The molecule has 1 amide bonds. The second kappa shape index (κ2) is 8.81. The first kappa shape index (κ1) is 18.4. The van der Waals surface area contributed by atoms with E-state index in [2.05, 4.69) is 31.5 Å². The molecule has 4 nitrogen and oxygen atoms in total. The number of aryl methyl sites for hydroxylation is 1. The van der Waals surface area contributed by atoms with Gasteiger partial charge in [-0.05, 0) is 99.3 Å². The van der Waals surface area contributed by atoms with Gasteiger partial charge in [0.2, 0.25) is 5.91 Å². The van der Waals surface area contributed by atoms with Gasteiger partial charge in [-0.3, -0.25) is 9.69 Å². The van der Waals surface area contributed by atoms with Crippen LogP contribution in [-0.2, 0) is 4.79 Å². The third-order valence-corrected chi connectivity index (χ3v) is 5.42. The maximum atomic E-state index is 12.5. The van der Waals surface area contributed by atoms with Crippen LogP contribution >= 0.6 is 15.9 Å². The van der Waals surface area contributed by atoms with Gasteiger partial charge in [0.25, 0.3) is 0 Å². The highest BCUT2D eigenvalue weighted by molar-refractivity contribution is 9.10. The molecule has 0 saturated carbocycles. The molecule has 1 aromatic rings. The summed E-state index contributed by atoms with van der Waals surface area (Å²) in [5, 5.41) is 6.26. The largest absolute Gasteiger partial charge is 0.324 e. The first-order valence-corrected chi connectivity index (χ1v) is 9.26. The van der Waals surface area contributed by atoms with E-state index in [9.17, 15) is 4.79 Å². The maximum absolute atomic E-state index is 12.5. The van der Waals surface area contributed by atoms with E-state index in [1.54, 1.807) is 0 Å². The van der Waals surface area contributed by atoms with Crippen LogP contribution in [0.15, 0.2) is 22.7 Å². The van der Waals surface area contributed by atoms with E-state index in [1.165, 1.54) is 24.8 Å². The average molecular weight is 382 g/mol. The standard InChI is InChI=1S/C18H28BrN3O/c1-13-4-5-17(16(19)12-13)21-18(23)14(2)22-10-7-15(8-11-22)6-9-20-3/h4-5,12,14-15,20H,6-11H2,1-3H3,(H,21,23). The van der Waals surface area contributed by atoms with Crippen molar-refractivity contribution in [3.05, 3.63) is 28.2 Å². The van der Waals surface area contributed by atoms with Gasteiger partial charge in [0.15, 0.2) is 0 Å². The van der Waals surface area contributed by atoms with Crippen molar-refractivity contribution in [3.63, 3.8) is 0 Å². The van der Waals surface area contributed by atoms with Gasteiger partial charge in [0.05, 0.1) is 11.7 Å². The fraction of sp³-hybridized carbons (Fsp3) is 0.611. The van der Waals surface area contributed by atoms with Gasteiger partial charge in [-0.2, -0.15) is 0 Å². The fourth-order valence-corrected chi connectivity index (χ4v) is 3.69. The molecule has 1 saturated heterocycles. The number of benzene rings is 1. The highest BCUT2D eigenvalue weighted by Gasteiger charge is 2.26. The summed E-state index contributed by atoms with van der Waals surface area (Å²) in [7, 11) is 2.00. The number of hydrogen-bond donors (Lipinski definition) is 2. The first-order chi connectivity index (χ1) is 11.0. The van der Waals surface area contributed by atoms with Crippen molar-refractivity contribution < 1.29 is 4.79 Å². The molecule has 0 aliphatic carbocycles. The van der Waals surface area contributed by atoms with Gasteiger partial charge in [0, 0.05) is 4.47 Å². The van der Waals surface area contributed by atoms with E-state index in [4.69, 9.17) is 0 Å². The summed E-state index contributed by atoms with van der Waals surface area (Å²) in [6, 6.07) is 5.90. The first-order valence-electron chi connectivity index (χ1n) is 8.47. The molecule has 1 aromatic carbocycles. The topological polar surface area (TPSA) is 44.4 Å². The zero-order chi connectivity index (χ0) is 16.8.